The van der Waals surface area contributed by atoms with Crippen LogP contribution in [0.25, 0.3) is 0 Å². The van der Waals surface area contributed by atoms with Gasteiger partial charge in [-0.3, -0.25) is 0 Å². The first kappa shape index (κ1) is 20.9. The molecule has 28 heavy (non-hydrogen) atoms. The smallest absolute Gasteiger partial charge is 0.0629 e. The minimum absolute atomic E-state index is 0.269. The van der Waals surface area contributed by atoms with Crippen molar-refractivity contribution in [2.24, 2.45) is 0 Å². The van der Waals surface area contributed by atoms with Gasteiger partial charge in [0.2, 0.25) is 6.71 Å². The summed E-state index contributed by atoms with van der Waals surface area (Å²) in [4.78, 5) is 0. The largest absolute Gasteiger partial charge is 0.243 e. The molecule has 0 amide bonds. The zero-order valence-electron chi connectivity index (χ0n) is 18.7. The third kappa shape index (κ3) is 3.83. The van der Waals surface area contributed by atoms with Gasteiger partial charge in [0, 0.05) is 9.24 Å². The topological polar surface area (TPSA) is 0 Å². The van der Waals surface area contributed by atoms with Gasteiger partial charge in [-0.2, -0.15) is 0 Å². The van der Waals surface area contributed by atoms with Crippen LogP contribution in [0, 0.1) is 55.4 Å². The van der Waals surface area contributed by atoms with Crippen LogP contribution in [0.15, 0.2) is 36.4 Å². The Morgan fingerprint density at radius 3 is 1.00 bits per heavy atom. The molecule has 0 aliphatic heterocycles. The normalized spacial score (nSPS) is 11.1. The first-order chi connectivity index (χ1) is 13.1. The molecule has 3 aromatic carbocycles. The van der Waals surface area contributed by atoms with Crippen molar-refractivity contribution in [2.75, 3.05) is 0 Å². The van der Waals surface area contributed by atoms with E-state index in [9.17, 15) is 0 Å². The second-order valence-electron chi connectivity index (χ2n) is 8.70. The van der Waals surface area contributed by atoms with E-state index in [1.807, 2.05) is 9.24 Å². The van der Waals surface area contributed by atoms with Gasteiger partial charge in [-0.1, -0.05) is 85.2 Å². The number of benzene rings is 3. The first-order valence-corrected chi connectivity index (χ1v) is 10.9. The standard InChI is InChI=1S/C26H32BP/c1-15-9-17(3)24(18(4)10-15)27(25-19(5)11-16(2)12-20(25)6)26-21(7)13-23(28)14-22(26)8/h9-14H,28H2,1-8H3/p+1. The first-order valence-electron chi connectivity index (χ1n) is 10.2. The van der Waals surface area contributed by atoms with Gasteiger partial charge < -0.3 is 0 Å². The summed E-state index contributed by atoms with van der Waals surface area (Å²) in [5.41, 5.74) is 15.5. The molecule has 0 nitrogen and oxygen atoms in total. The molecule has 1 atom stereocenters. The zero-order chi connectivity index (χ0) is 20.7. The molecular weight excluding hydrogens is 354 g/mol. The lowest BCUT2D eigenvalue weighted by Crippen LogP contribution is -2.57. The molecule has 0 bridgehead atoms. The molecule has 0 heterocycles. The van der Waals surface area contributed by atoms with E-state index >= 15 is 0 Å². The van der Waals surface area contributed by atoms with E-state index in [4.69, 9.17) is 0 Å². The zero-order valence-corrected chi connectivity index (χ0v) is 20.2. The van der Waals surface area contributed by atoms with E-state index in [-0.39, 0.29) is 6.71 Å². The van der Waals surface area contributed by atoms with E-state index in [0.29, 0.717) is 0 Å². The summed E-state index contributed by atoms with van der Waals surface area (Å²) in [6.45, 7) is 18.3. The van der Waals surface area contributed by atoms with Crippen LogP contribution in [0.3, 0.4) is 0 Å². The van der Waals surface area contributed by atoms with Gasteiger partial charge >= 0.3 is 0 Å². The van der Waals surface area contributed by atoms with Crippen molar-refractivity contribution in [3.05, 3.63) is 80.9 Å². The molecule has 0 aliphatic rings. The maximum absolute atomic E-state index is 2.35. The van der Waals surface area contributed by atoms with Gasteiger partial charge in [-0.05, 0) is 67.5 Å². The molecule has 0 N–H and O–H groups in total. The molecule has 144 valence electrons. The average molecular weight is 387 g/mol. The average Bonchev–Trinajstić information content (AvgIpc) is 2.51. The molecule has 0 saturated carbocycles. The fraction of sp³-hybridized carbons (Fsp3) is 0.308. The molecule has 0 aromatic heterocycles. The van der Waals surface area contributed by atoms with Crippen LogP contribution < -0.4 is 21.7 Å². The number of hydrogen-bond acceptors (Lipinski definition) is 0. The highest BCUT2D eigenvalue weighted by Gasteiger charge is 2.30. The lowest BCUT2D eigenvalue weighted by Gasteiger charge is -2.27. The Morgan fingerprint density at radius 2 is 0.714 bits per heavy atom. The maximum atomic E-state index is 2.35. The summed E-state index contributed by atoms with van der Waals surface area (Å²) in [5.74, 6) is 0. The Bertz CT molecular complexity index is 856. The summed E-state index contributed by atoms with van der Waals surface area (Å²) in [6.07, 6.45) is 0. The number of rotatable bonds is 3. The third-order valence-corrected chi connectivity index (χ3v) is 6.40. The van der Waals surface area contributed by atoms with Crippen molar-refractivity contribution in [1.29, 1.82) is 0 Å². The predicted octanol–water partition coefficient (Wildman–Crippen LogP) is 3.90. The Kier molecular flexibility index (Phi) is 5.88. The van der Waals surface area contributed by atoms with E-state index in [0.717, 1.165) is 0 Å². The second kappa shape index (κ2) is 7.88. The van der Waals surface area contributed by atoms with Crippen molar-refractivity contribution in [1.82, 2.24) is 0 Å². The fourth-order valence-corrected chi connectivity index (χ4v) is 5.86. The summed E-state index contributed by atoms with van der Waals surface area (Å²) in [7, 11) is 1.98. The number of hydrogen-bond donors (Lipinski definition) is 0. The summed E-state index contributed by atoms with van der Waals surface area (Å²) >= 11 is 0. The van der Waals surface area contributed by atoms with Crippen molar-refractivity contribution < 1.29 is 0 Å². The molecule has 2 heteroatoms. The number of aryl methyl sites for hydroxylation is 8. The van der Waals surface area contributed by atoms with Crippen LogP contribution in [0.1, 0.15) is 44.5 Å². The summed E-state index contributed by atoms with van der Waals surface area (Å²) in [5, 5.41) is 1.37. The van der Waals surface area contributed by atoms with Gasteiger partial charge in [0.15, 0.2) is 0 Å². The van der Waals surface area contributed by atoms with Crippen LogP contribution in [0.5, 0.6) is 0 Å². The van der Waals surface area contributed by atoms with Crippen LogP contribution in [-0.4, -0.2) is 6.71 Å². The molecule has 0 radical (unpaired) electrons. The Morgan fingerprint density at radius 1 is 0.464 bits per heavy atom. The molecule has 3 rings (SSSR count). The summed E-state index contributed by atoms with van der Waals surface area (Å²) in [6, 6.07) is 14.1. The highest BCUT2D eigenvalue weighted by molar-refractivity contribution is 7.27. The second-order valence-corrected chi connectivity index (χ2v) is 9.52. The predicted molar refractivity (Wildman–Crippen MR) is 133 cm³/mol. The van der Waals surface area contributed by atoms with Crippen LogP contribution >= 0.6 is 9.24 Å². The van der Waals surface area contributed by atoms with E-state index in [1.54, 1.807) is 0 Å². The monoisotopic (exact) mass is 387 g/mol. The molecule has 0 fully saturated rings. The quantitative estimate of drug-likeness (QED) is 0.472. The SMILES string of the molecule is Cc1cc(C)c(B(c2c(C)cc(C)cc2C)c2c(C)cc([PH3+])cc2C)c(C)c1. The van der Waals surface area contributed by atoms with E-state index in [1.165, 1.54) is 66.2 Å². The van der Waals surface area contributed by atoms with Gasteiger partial charge in [0.05, 0.1) is 5.30 Å². The van der Waals surface area contributed by atoms with E-state index < -0.39 is 0 Å². The molecule has 0 saturated heterocycles. The Hall–Kier alpha value is -1.85. The van der Waals surface area contributed by atoms with E-state index in [2.05, 4.69) is 91.8 Å². The lowest BCUT2D eigenvalue weighted by molar-refractivity contribution is 1.33. The van der Waals surface area contributed by atoms with Gasteiger partial charge in [-0.15, -0.1) is 0 Å². The minimum atomic E-state index is 0.269. The van der Waals surface area contributed by atoms with Crippen molar-refractivity contribution in [3.63, 3.8) is 0 Å². The maximum Gasteiger partial charge on any atom is 0.243 e. The fourth-order valence-electron chi connectivity index (χ4n) is 5.25. The molecule has 1 unspecified atom stereocenters. The van der Waals surface area contributed by atoms with Crippen LogP contribution in [0.2, 0.25) is 0 Å². The highest BCUT2D eigenvalue weighted by atomic mass is 31.0. The van der Waals surface area contributed by atoms with Crippen molar-refractivity contribution in [2.45, 2.75) is 55.4 Å². The summed E-state index contributed by atoms with van der Waals surface area (Å²) < 4.78 is 0. The highest BCUT2D eigenvalue weighted by Crippen LogP contribution is 2.15. The minimum Gasteiger partial charge on any atom is -0.0629 e. The van der Waals surface area contributed by atoms with Crippen molar-refractivity contribution >= 4 is 37.6 Å². The van der Waals surface area contributed by atoms with Crippen molar-refractivity contribution in [3.8, 4) is 0 Å². The Balaban J connectivity index is 2.45. The lowest BCUT2D eigenvalue weighted by atomic mass is 9.33. The van der Waals surface area contributed by atoms with Gasteiger partial charge in [-0.25, -0.2) is 0 Å². The molecule has 0 aliphatic carbocycles. The van der Waals surface area contributed by atoms with Crippen LogP contribution in [0.4, 0.5) is 0 Å². The third-order valence-electron chi connectivity index (χ3n) is 6.00. The van der Waals surface area contributed by atoms with Gasteiger partial charge in [0.25, 0.3) is 0 Å². The Labute approximate surface area is 174 Å². The molecule has 3 aromatic rings. The van der Waals surface area contributed by atoms with Crippen LogP contribution in [-0.2, 0) is 0 Å². The molecular formula is C26H33BP+. The van der Waals surface area contributed by atoms with Gasteiger partial charge in [0.1, 0.15) is 0 Å². The molecule has 0 spiro atoms.